The maximum atomic E-state index is 12.7. The number of alkyl halides is 3. The number of carbonyl (C=O) groups excluding carboxylic acids is 1. The van der Waals surface area contributed by atoms with Gasteiger partial charge in [0.1, 0.15) is 0 Å². The fourth-order valence-electron chi connectivity index (χ4n) is 2.81. The number of fused-ring (bicyclic) bond motifs is 1. The molecular weight excluding hydrogens is 311 g/mol. The van der Waals surface area contributed by atoms with Gasteiger partial charge in [0.15, 0.2) is 0 Å². The van der Waals surface area contributed by atoms with E-state index in [1.165, 1.54) is 0 Å². The Kier molecular flexibility index (Phi) is 3.73. The lowest BCUT2D eigenvalue weighted by molar-refractivity contribution is -0.144. The van der Waals surface area contributed by atoms with Crippen LogP contribution < -0.4 is 0 Å². The Hall–Kier alpha value is -2.19. The molecule has 23 heavy (non-hydrogen) atoms. The van der Waals surface area contributed by atoms with Crippen LogP contribution in [0.3, 0.4) is 0 Å². The molecule has 2 aromatic heterocycles. The number of carbonyl (C=O) groups is 1. The molecule has 0 aromatic carbocycles. The van der Waals surface area contributed by atoms with Crippen LogP contribution in [-0.4, -0.2) is 43.5 Å². The van der Waals surface area contributed by atoms with E-state index >= 15 is 0 Å². The normalized spacial score (nSPS) is 15.6. The van der Waals surface area contributed by atoms with E-state index in [-0.39, 0.29) is 18.1 Å². The molecule has 0 saturated carbocycles. The highest BCUT2D eigenvalue weighted by Crippen LogP contribution is 2.27. The minimum atomic E-state index is -4.63. The van der Waals surface area contributed by atoms with Crippen molar-refractivity contribution in [2.75, 3.05) is 13.1 Å². The summed E-state index contributed by atoms with van der Waals surface area (Å²) in [7, 11) is 0. The van der Waals surface area contributed by atoms with Crippen molar-refractivity contribution in [3.63, 3.8) is 0 Å². The average Bonchev–Trinajstić information content (AvgIpc) is 3.11. The van der Waals surface area contributed by atoms with Crippen LogP contribution in [0.15, 0.2) is 0 Å². The van der Waals surface area contributed by atoms with Crippen molar-refractivity contribution in [2.45, 2.75) is 39.3 Å². The molecule has 1 amide bonds. The molecule has 0 spiro atoms. The van der Waals surface area contributed by atoms with Crippen LogP contribution in [0.2, 0.25) is 0 Å². The number of aromatic nitrogens is 4. The summed E-state index contributed by atoms with van der Waals surface area (Å²) >= 11 is 0. The molecule has 9 heteroatoms. The summed E-state index contributed by atoms with van der Waals surface area (Å²) in [5.74, 6) is -1.37. The number of likely N-dealkylation sites (tertiary alicyclic amines) is 1. The van der Waals surface area contributed by atoms with E-state index in [0.29, 0.717) is 17.0 Å². The Morgan fingerprint density at radius 2 is 1.83 bits per heavy atom. The van der Waals surface area contributed by atoms with Gasteiger partial charge in [-0.05, 0) is 26.7 Å². The van der Waals surface area contributed by atoms with Crippen LogP contribution in [-0.2, 0) is 17.4 Å². The predicted octanol–water partition coefficient (Wildman–Crippen LogP) is 1.92. The third-order valence-corrected chi connectivity index (χ3v) is 4.09. The first-order valence-corrected chi connectivity index (χ1v) is 7.35. The molecule has 6 nitrogen and oxygen atoms in total. The maximum Gasteiger partial charge on any atom is 0.453 e. The minimum Gasteiger partial charge on any atom is -0.342 e. The second-order valence-corrected chi connectivity index (χ2v) is 5.67. The zero-order valence-electron chi connectivity index (χ0n) is 12.8. The lowest BCUT2D eigenvalue weighted by atomic mass is 10.1. The number of hydrogen-bond donors (Lipinski definition) is 0. The van der Waals surface area contributed by atoms with E-state index in [2.05, 4.69) is 15.1 Å². The largest absolute Gasteiger partial charge is 0.453 e. The van der Waals surface area contributed by atoms with Crippen molar-refractivity contribution >= 4 is 11.7 Å². The van der Waals surface area contributed by atoms with E-state index in [0.717, 1.165) is 30.4 Å². The van der Waals surface area contributed by atoms with Gasteiger partial charge in [-0.15, -0.1) is 5.10 Å². The van der Waals surface area contributed by atoms with E-state index in [4.69, 9.17) is 0 Å². The Balaban J connectivity index is 1.98. The van der Waals surface area contributed by atoms with Gasteiger partial charge in [-0.2, -0.15) is 18.2 Å². The van der Waals surface area contributed by atoms with E-state index < -0.39 is 12.0 Å². The Labute approximate surface area is 130 Å². The first kappa shape index (κ1) is 15.7. The van der Waals surface area contributed by atoms with Crippen LogP contribution >= 0.6 is 0 Å². The summed E-state index contributed by atoms with van der Waals surface area (Å²) in [6.45, 7) is 4.76. The Morgan fingerprint density at radius 1 is 1.17 bits per heavy atom. The monoisotopic (exact) mass is 327 g/mol. The number of nitrogens with zero attached hydrogens (tertiary/aromatic N) is 5. The summed E-state index contributed by atoms with van der Waals surface area (Å²) < 4.78 is 39.3. The molecular formula is C14H16F3N5O. The third-order valence-electron chi connectivity index (χ3n) is 4.09. The summed E-state index contributed by atoms with van der Waals surface area (Å²) in [5, 5.41) is 3.48. The summed E-state index contributed by atoms with van der Waals surface area (Å²) in [4.78, 5) is 21.6. The lowest BCUT2D eigenvalue weighted by Crippen LogP contribution is -2.29. The van der Waals surface area contributed by atoms with Gasteiger partial charge < -0.3 is 4.90 Å². The molecule has 3 rings (SSSR count). The molecule has 0 atom stereocenters. The van der Waals surface area contributed by atoms with Crippen LogP contribution in [0.1, 0.15) is 35.6 Å². The molecule has 3 heterocycles. The fourth-order valence-corrected chi connectivity index (χ4v) is 2.81. The van der Waals surface area contributed by atoms with Gasteiger partial charge >= 0.3 is 6.18 Å². The van der Waals surface area contributed by atoms with Gasteiger partial charge in [-0.25, -0.2) is 9.50 Å². The maximum absolute atomic E-state index is 12.7. The zero-order valence-corrected chi connectivity index (χ0v) is 12.8. The highest BCUT2D eigenvalue weighted by molar-refractivity contribution is 5.79. The second kappa shape index (κ2) is 5.47. The number of aryl methyl sites for hydroxylation is 2. The topological polar surface area (TPSA) is 63.4 Å². The quantitative estimate of drug-likeness (QED) is 0.845. The van der Waals surface area contributed by atoms with Gasteiger partial charge in [-0.1, -0.05) is 0 Å². The van der Waals surface area contributed by atoms with E-state index in [1.807, 2.05) is 0 Å². The van der Waals surface area contributed by atoms with Gasteiger partial charge in [-0.3, -0.25) is 4.79 Å². The molecule has 2 aromatic rings. The molecule has 0 N–H and O–H groups in total. The Bertz CT molecular complexity index is 762. The lowest BCUT2D eigenvalue weighted by Gasteiger charge is -2.17. The molecule has 1 aliphatic heterocycles. The number of amides is 1. The van der Waals surface area contributed by atoms with Crippen molar-refractivity contribution in [1.29, 1.82) is 0 Å². The number of hydrogen-bond acceptors (Lipinski definition) is 4. The first-order valence-electron chi connectivity index (χ1n) is 7.35. The minimum absolute atomic E-state index is 0.0361. The van der Waals surface area contributed by atoms with Crippen LogP contribution in [0.5, 0.6) is 0 Å². The average molecular weight is 327 g/mol. The van der Waals surface area contributed by atoms with Crippen LogP contribution in [0.4, 0.5) is 13.2 Å². The van der Waals surface area contributed by atoms with Crippen molar-refractivity contribution in [3.8, 4) is 0 Å². The molecule has 124 valence electrons. The van der Waals surface area contributed by atoms with Crippen molar-refractivity contribution < 1.29 is 18.0 Å². The summed E-state index contributed by atoms with van der Waals surface area (Å²) in [5.41, 5.74) is 1.57. The van der Waals surface area contributed by atoms with Gasteiger partial charge in [0.25, 0.3) is 11.6 Å². The smallest absolute Gasteiger partial charge is 0.342 e. The molecule has 0 aliphatic carbocycles. The van der Waals surface area contributed by atoms with Gasteiger partial charge in [0, 0.05) is 30.0 Å². The van der Waals surface area contributed by atoms with Gasteiger partial charge in [0.05, 0.1) is 6.42 Å². The van der Waals surface area contributed by atoms with Crippen molar-refractivity contribution in [2.24, 2.45) is 0 Å². The van der Waals surface area contributed by atoms with E-state index in [9.17, 15) is 18.0 Å². The molecule has 1 fully saturated rings. The van der Waals surface area contributed by atoms with Crippen molar-refractivity contribution in [1.82, 2.24) is 24.5 Å². The van der Waals surface area contributed by atoms with Crippen LogP contribution in [0.25, 0.3) is 5.78 Å². The zero-order chi connectivity index (χ0) is 16.8. The predicted molar refractivity (Wildman–Crippen MR) is 74.8 cm³/mol. The molecule has 1 saturated heterocycles. The molecule has 0 unspecified atom stereocenters. The van der Waals surface area contributed by atoms with E-state index in [1.54, 1.807) is 18.7 Å². The third kappa shape index (κ3) is 2.87. The Morgan fingerprint density at radius 3 is 2.43 bits per heavy atom. The SMILES string of the molecule is Cc1nc2nc(C(F)(F)F)nn2c(C)c1CC(=O)N1CCCC1. The number of rotatable bonds is 2. The fraction of sp³-hybridized carbons (Fsp3) is 0.571. The highest BCUT2D eigenvalue weighted by atomic mass is 19.4. The van der Waals surface area contributed by atoms with Crippen molar-refractivity contribution in [3.05, 3.63) is 22.8 Å². The summed E-state index contributed by atoms with van der Waals surface area (Å²) in [6, 6.07) is 0. The number of halogens is 3. The molecule has 0 radical (unpaired) electrons. The molecule has 0 bridgehead atoms. The highest BCUT2D eigenvalue weighted by Gasteiger charge is 2.37. The second-order valence-electron chi connectivity index (χ2n) is 5.67. The van der Waals surface area contributed by atoms with Crippen LogP contribution in [0, 0.1) is 13.8 Å². The first-order chi connectivity index (χ1) is 10.8. The molecule has 1 aliphatic rings. The van der Waals surface area contributed by atoms with Gasteiger partial charge in [0.2, 0.25) is 5.91 Å². The standard InChI is InChI=1S/C14H16F3N5O/c1-8-10(7-11(23)21-5-3-4-6-21)9(2)22-13(18-8)19-12(20-22)14(15,16)17/h3-7H2,1-2H3. The summed E-state index contributed by atoms with van der Waals surface area (Å²) in [6.07, 6.45) is -2.54.